The number of likely N-dealkylation sites (tertiary alicyclic amines) is 1. The molecule has 2 rings (SSSR count). The lowest BCUT2D eigenvalue weighted by Gasteiger charge is -2.20. The Hall–Kier alpha value is -0.860. The lowest BCUT2D eigenvalue weighted by molar-refractivity contribution is 0.284. The van der Waals surface area contributed by atoms with Crippen LogP contribution < -0.4 is 5.32 Å². The highest BCUT2D eigenvalue weighted by atomic mass is 15.1. The van der Waals surface area contributed by atoms with Gasteiger partial charge in [0.25, 0.3) is 0 Å². The molecule has 0 aromatic heterocycles. The molecule has 0 unspecified atom stereocenters. The summed E-state index contributed by atoms with van der Waals surface area (Å²) in [5.74, 6) is 0. The zero-order chi connectivity index (χ0) is 13.5. The predicted octanol–water partition coefficient (Wildman–Crippen LogP) is 3.27. The first kappa shape index (κ1) is 14.5. The molecule has 0 amide bonds. The summed E-state index contributed by atoms with van der Waals surface area (Å²) in [4.78, 5) is 2.61. The molecule has 1 fully saturated rings. The van der Waals surface area contributed by atoms with Crippen LogP contribution in [0.4, 0.5) is 0 Å². The SMILES string of the molecule is Cc1cccc(CNCCN2CCCCCC2)c1C. The minimum absolute atomic E-state index is 1.00. The summed E-state index contributed by atoms with van der Waals surface area (Å²) in [6, 6.07) is 6.59. The molecule has 1 aromatic rings. The van der Waals surface area contributed by atoms with E-state index in [0.29, 0.717) is 0 Å². The van der Waals surface area contributed by atoms with Crippen molar-refractivity contribution < 1.29 is 0 Å². The Bertz CT molecular complexity index is 379. The second-order valence-corrected chi connectivity index (χ2v) is 5.79. The van der Waals surface area contributed by atoms with Gasteiger partial charge in [-0.2, -0.15) is 0 Å². The summed E-state index contributed by atoms with van der Waals surface area (Å²) in [5, 5.41) is 3.60. The van der Waals surface area contributed by atoms with E-state index in [1.54, 1.807) is 0 Å². The Morgan fingerprint density at radius 2 is 1.79 bits per heavy atom. The van der Waals surface area contributed by atoms with Gasteiger partial charge in [0.15, 0.2) is 0 Å². The Morgan fingerprint density at radius 3 is 2.53 bits per heavy atom. The second-order valence-electron chi connectivity index (χ2n) is 5.79. The number of benzene rings is 1. The lowest BCUT2D eigenvalue weighted by Crippen LogP contribution is -2.32. The highest BCUT2D eigenvalue weighted by Crippen LogP contribution is 2.12. The van der Waals surface area contributed by atoms with Gasteiger partial charge >= 0.3 is 0 Å². The van der Waals surface area contributed by atoms with E-state index in [2.05, 4.69) is 42.3 Å². The molecule has 1 saturated heterocycles. The molecule has 0 saturated carbocycles. The van der Waals surface area contributed by atoms with Gasteiger partial charge in [0.1, 0.15) is 0 Å². The Kier molecular flexibility index (Phi) is 5.87. The van der Waals surface area contributed by atoms with Crippen LogP contribution in [0.25, 0.3) is 0 Å². The van der Waals surface area contributed by atoms with Crippen LogP contribution in [0.3, 0.4) is 0 Å². The molecular formula is C17H28N2. The summed E-state index contributed by atoms with van der Waals surface area (Å²) in [7, 11) is 0. The Labute approximate surface area is 118 Å². The normalized spacial score (nSPS) is 17.4. The molecule has 0 atom stereocenters. The van der Waals surface area contributed by atoms with Crippen LogP contribution in [0, 0.1) is 13.8 Å². The van der Waals surface area contributed by atoms with E-state index >= 15 is 0 Å². The first-order valence-electron chi connectivity index (χ1n) is 7.75. The van der Waals surface area contributed by atoms with Gasteiger partial charge in [-0.05, 0) is 56.5 Å². The summed E-state index contributed by atoms with van der Waals surface area (Å²) >= 11 is 0. The van der Waals surface area contributed by atoms with Gasteiger partial charge in [0.05, 0.1) is 0 Å². The minimum Gasteiger partial charge on any atom is -0.311 e. The fraction of sp³-hybridized carbons (Fsp3) is 0.647. The quantitative estimate of drug-likeness (QED) is 0.817. The summed E-state index contributed by atoms with van der Waals surface area (Å²) in [6.07, 6.45) is 5.62. The van der Waals surface area contributed by atoms with Crippen molar-refractivity contribution in [2.45, 2.75) is 46.1 Å². The molecule has 1 aliphatic rings. The van der Waals surface area contributed by atoms with Crippen molar-refractivity contribution in [2.24, 2.45) is 0 Å². The fourth-order valence-corrected chi connectivity index (χ4v) is 2.82. The lowest BCUT2D eigenvalue weighted by atomic mass is 10.0. The summed E-state index contributed by atoms with van der Waals surface area (Å²) in [5.41, 5.74) is 4.27. The number of nitrogens with one attached hydrogen (secondary N) is 1. The molecule has 0 bridgehead atoms. The topological polar surface area (TPSA) is 15.3 Å². The maximum absolute atomic E-state index is 3.60. The van der Waals surface area contributed by atoms with E-state index in [1.807, 2.05) is 0 Å². The van der Waals surface area contributed by atoms with E-state index < -0.39 is 0 Å². The number of hydrogen-bond acceptors (Lipinski definition) is 2. The van der Waals surface area contributed by atoms with Crippen molar-refractivity contribution in [3.05, 3.63) is 34.9 Å². The standard InChI is InChI=1S/C17H28N2/c1-15-8-7-9-17(16(15)2)14-18-10-13-19-11-5-3-4-6-12-19/h7-9,18H,3-6,10-14H2,1-2H3. The fourth-order valence-electron chi connectivity index (χ4n) is 2.82. The zero-order valence-corrected chi connectivity index (χ0v) is 12.5. The molecule has 2 heteroatoms. The molecule has 0 aliphatic carbocycles. The van der Waals surface area contributed by atoms with Gasteiger partial charge in [-0.1, -0.05) is 31.0 Å². The van der Waals surface area contributed by atoms with E-state index in [1.165, 1.54) is 62.0 Å². The molecule has 1 heterocycles. The maximum atomic E-state index is 3.60. The average molecular weight is 260 g/mol. The number of aryl methyl sites for hydroxylation is 1. The second kappa shape index (κ2) is 7.66. The van der Waals surface area contributed by atoms with E-state index in [4.69, 9.17) is 0 Å². The van der Waals surface area contributed by atoms with Gasteiger partial charge in [-0.25, -0.2) is 0 Å². The van der Waals surface area contributed by atoms with Gasteiger partial charge in [-0.15, -0.1) is 0 Å². The Morgan fingerprint density at radius 1 is 1.05 bits per heavy atom. The molecule has 1 N–H and O–H groups in total. The van der Waals surface area contributed by atoms with E-state index in [9.17, 15) is 0 Å². The molecular weight excluding hydrogens is 232 g/mol. The summed E-state index contributed by atoms with van der Waals surface area (Å²) < 4.78 is 0. The molecule has 106 valence electrons. The number of nitrogens with zero attached hydrogens (tertiary/aromatic N) is 1. The van der Waals surface area contributed by atoms with Crippen LogP contribution in [0.2, 0.25) is 0 Å². The molecule has 19 heavy (non-hydrogen) atoms. The van der Waals surface area contributed by atoms with Crippen molar-refractivity contribution in [3.8, 4) is 0 Å². The van der Waals surface area contributed by atoms with Crippen LogP contribution in [-0.2, 0) is 6.54 Å². The molecule has 0 spiro atoms. The number of rotatable bonds is 5. The van der Waals surface area contributed by atoms with Gasteiger partial charge in [0, 0.05) is 19.6 Å². The van der Waals surface area contributed by atoms with Crippen molar-refractivity contribution in [1.29, 1.82) is 0 Å². The first-order valence-corrected chi connectivity index (χ1v) is 7.75. The average Bonchev–Trinajstić information content (AvgIpc) is 2.68. The van der Waals surface area contributed by atoms with Crippen molar-refractivity contribution >= 4 is 0 Å². The van der Waals surface area contributed by atoms with Crippen LogP contribution in [0.1, 0.15) is 42.4 Å². The molecule has 1 aromatic carbocycles. The van der Waals surface area contributed by atoms with Crippen molar-refractivity contribution in [2.75, 3.05) is 26.2 Å². The third-order valence-electron chi connectivity index (χ3n) is 4.34. The van der Waals surface area contributed by atoms with Crippen LogP contribution in [0.15, 0.2) is 18.2 Å². The van der Waals surface area contributed by atoms with E-state index in [0.717, 1.165) is 13.1 Å². The maximum Gasteiger partial charge on any atom is 0.0208 e. The van der Waals surface area contributed by atoms with E-state index in [-0.39, 0.29) is 0 Å². The van der Waals surface area contributed by atoms with Crippen molar-refractivity contribution in [3.63, 3.8) is 0 Å². The third kappa shape index (κ3) is 4.63. The van der Waals surface area contributed by atoms with Gasteiger partial charge in [-0.3, -0.25) is 0 Å². The Balaban J connectivity index is 1.70. The monoisotopic (exact) mass is 260 g/mol. The predicted molar refractivity (Wildman–Crippen MR) is 82.5 cm³/mol. The highest BCUT2D eigenvalue weighted by molar-refractivity contribution is 5.32. The smallest absolute Gasteiger partial charge is 0.0208 e. The highest BCUT2D eigenvalue weighted by Gasteiger charge is 2.08. The summed E-state index contributed by atoms with van der Waals surface area (Å²) in [6.45, 7) is 10.3. The molecule has 0 radical (unpaired) electrons. The third-order valence-corrected chi connectivity index (χ3v) is 4.34. The van der Waals surface area contributed by atoms with Crippen LogP contribution in [-0.4, -0.2) is 31.1 Å². The largest absolute Gasteiger partial charge is 0.311 e. The van der Waals surface area contributed by atoms with Crippen LogP contribution >= 0.6 is 0 Å². The van der Waals surface area contributed by atoms with Crippen molar-refractivity contribution in [1.82, 2.24) is 10.2 Å². The molecule has 2 nitrogen and oxygen atoms in total. The van der Waals surface area contributed by atoms with Gasteiger partial charge in [0.2, 0.25) is 0 Å². The first-order chi connectivity index (χ1) is 9.27. The molecule has 1 aliphatic heterocycles. The zero-order valence-electron chi connectivity index (χ0n) is 12.5. The van der Waals surface area contributed by atoms with Crippen LogP contribution in [0.5, 0.6) is 0 Å². The minimum atomic E-state index is 1.00. The number of hydrogen-bond donors (Lipinski definition) is 1. The van der Waals surface area contributed by atoms with Gasteiger partial charge < -0.3 is 10.2 Å².